The first-order valence-electron chi connectivity index (χ1n) is 5.28. The van der Waals surface area contributed by atoms with Crippen molar-refractivity contribution >= 4 is 10.2 Å². The summed E-state index contributed by atoms with van der Waals surface area (Å²) in [5.74, 6) is 1.24. The molecule has 0 radical (unpaired) electrons. The number of benzene rings is 1. The summed E-state index contributed by atoms with van der Waals surface area (Å²) in [6.45, 7) is 0.160. The molecular formula is C11H18N2O4S. The van der Waals surface area contributed by atoms with Gasteiger partial charge in [-0.15, -0.1) is 0 Å². The van der Waals surface area contributed by atoms with Crippen LogP contribution in [0.25, 0.3) is 0 Å². The first kappa shape index (κ1) is 14.7. The standard InChI is InChI=1S/C11H18N2O4S/c1-13(2)18(14,15)12-8-9-5-6-10(16-3)7-11(9)17-4/h5-7,12H,8H2,1-4H3. The van der Waals surface area contributed by atoms with Gasteiger partial charge in [-0.2, -0.15) is 17.4 Å². The minimum absolute atomic E-state index is 0.160. The number of methoxy groups -OCH3 is 2. The van der Waals surface area contributed by atoms with Gasteiger partial charge in [0.15, 0.2) is 0 Å². The highest BCUT2D eigenvalue weighted by atomic mass is 32.2. The fourth-order valence-corrected chi connectivity index (χ4v) is 1.89. The Morgan fingerprint density at radius 3 is 2.39 bits per heavy atom. The minimum Gasteiger partial charge on any atom is -0.497 e. The van der Waals surface area contributed by atoms with Gasteiger partial charge in [0.1, 0.15) is 11.5 Å². The average molecular weight is 274 g/mol. The van der Waals surface area contributed by atoms with Crippen LogP contribution in [-0.2, 0) is 16.8 Å². The summed E-state index contributed by atoms with van der Waals surface area (Å²) in [7, 11) is 2.58. The van der Waals surface area contributed by atoms with Crippen LogP contribution in [0.1, 0.15) is 5.56 Å². The molecule has 0 aliphatic heterocycles. The van der Waals surface area contributed by atoms with Crippen LogP contribution in [0.15, 0.2) is 18.2 Å². The number of nitrogens with one attached hydrogen (secondary N) is 1. The summed E-state index contributed by atoms with van der Waals surface area (Å²) < 4.78 is 37.0. The van der Waals surface area contributed by atoms with Crippen molar-refractivity contribution in [3.8, 4) is 11.5 Å². The zero-order valence-electron chi connectivity index (χ0n) is 10.9. The lowest BCUT2D eigenvalue weighted by atomic mass is 10.2. The third-order valence-electron chi connectivity index (χ3n) is 2.42. The molecule has 1 aromatic carbocycles. The molecule has 0 unspecified atom stereocenters. The van der Waals surface area contributed by atoms with Crippen LogP contribution >= 0.6 is 0 Å². The highest BCUT2D eigenvalue weighted by molar-refractivity contribution is 7.87. The van der Waals surface area contributed by atoms with Gasteiger partial charge >= 0.3 is 0 Å². The molecule has 102 valence electrons. The van der Waals surface area contributed by atoms with E-state index in [0.717, 1.165) is 9.87 Å². The molecule has 0 aromatic heterocycles. The summed E-state index contributed by atoms with van der Waals surface area (Å²) >= 11 is 0. The molecule has 1 rings (SSSR count). The zero-order chi connectivity index (χ0) is 13.8. The largest absolute Gasteiger partial charge is 0.497 e. The molecule has 0 saturated heterocycles. The second-order valence-corrected chi connectivity index (χ2v) is 5.76. The third-order valence-corrected chi connectivity index (χ3v) is 3.89. The molecule has 7 heteroatoms. The van der Waals surface area contributed by atoms with E-state index >= 15 is 0 Å². The highest BCUT2D eigenvalue weighted by Crippen LogP contribution is 2.24. The van der Waals surface area contributed by atoms with Crippen LogP contribution in [0.3, 0.4) is 0 Å². The quantitative estimate of drug-likeness (QED) is 0.825. The van der Waals surface area contributed by atoms with E-state index < -0.39 is 10.2 Å². The van der Waals surface area contributed by atoms with Gasteiger partial charge in [0.25, 0.3) is 10.2 Å². The van der Waals surface area contributed by atoms with E-state index in [1.54, 1.807) is 25.3 Å². The lowest BCUT2D eigenvalue weighted by molar-refractivity contribution is 0.390. The van der Waals surface area contributed by atoms with E-state index in [1.165, 1.54) is 21.2 Å². The summed E-state index contributed by atoms with van der Waals surface area (Å²) in [6, 6.07) is 5.22. The first-order valence-corrected chi connectivity index (χ1v) is 6.72. The number of ether oxygens (including phenoxy) is 2. The first-order chi connectivity index (χ1) is 8.40. The number of rotatable bonds is 6. The maximum absolute atomic E-state index is 11.6. The van der Waals surface area contributed by atoms with Crippen LogP contribution in [0, 0.1) is 0 Å². The maximum atomic E-state index is 11.6. The molecule has 1 aromatic rings. The normalized spacial score (nSPS) is 11.6. The molecule has 0 aliphatic carbocycles. The van der Waals surface area contributed by atoms with Crippen LogP contribution in [0.4, 0.5) is 0 Å². The Morgan fingerprint density at radius 1 is 1.22 bits per heavy atom. The molecule has 0 fully saturated rings. The van der Waals surface area contributed by atoms with Gasteiger partial charge in [0, 0.05) is 32.3 Å². The molecule has 1 N–H and O–H groups in total. The minimum atomic E-state index is -3.44. The van der Waals surface area contributed by atoms with Gasteiger partial charge in [-0.25, -0.2) is 0 Å². The van der Waals surface area contributed by atoms with Crippen molar-refractivity contribution in [3.63, 3.8) is 0 Å². The van der Waals surface area contributed by atoms with Crippen molar-refractivity contribution in [1.29, 1.82) is 0 Å². The monoisotopic (exact) mass is 274 g/mol. The van der Waals surface area contributed by atoms with Crippen molar-refractivity contribution in [2.45, 2.75) is 6.54 Å². The Hall–Kier alpha value is -1.31. The van der Waals surface area contributed by atoms with E-state index in [4.69, 9.17) is 9.47 Å². The average Bonchev–Trinajstić information content (AvgIpc) is 2.35. The Morgan fingerprint density at radius 2 is 1.89 bits per heavy atom. The van der Waals surface area contributed by atoms with Crippen LogP contribution < -0.4 is 14.2 Å². The van der Waals surface area contributed by atoms with E-state index in [-0.39, 0.29) is 6.54 Å². The van der Waals surface area contributed by atoms with Crippen LogP contribution in [0.5, 0.6) is 11.5 Å². The van der Waals surface area contributed by atoms with Gasteiger partial charge in [-0.05, 0) is 6.07 Å². The van der Waals surface area contributed by atoms with E-state index in [9.17, 15) is 8.42 Å². The third kappa shape index (κ3) is 3.59. The number of hydrogen-bond acceptors (Lipinski definition) is 4. The van der Waals surface area contributed by atoms with Crippen molar-refractivity contribution in [3.05, 3.63) is 23.8 Å². The van der Waals surface area contributed by atoms with Crippen LogP contribution in [0.2, 0.25) is 0 Å². The fraction of sp³-hybridized carbons (Fsp3) is 0.455. The van der Waals surface area contributed by atoms with Gasteiger partial charge in [0.2, 0.25) is 0 Å². The van der Waals surface area contributed by atoms with Crippen molar-refractivity contribution in [2.24, 2.45) is 0 Å². The van der Waals surface area contributed by atoms with Crippen molar-refractivity contribution < 1.29 is 17.9 Å². The summed E-state index contributed by atoms with van der Waals surface area (Å²) in [5.41, 5.74) is 0.740. The molecule has 0 amide bonds. The summed E-state index contributed by atoms with van der Waals surface area (Å²) in [5, 5.41) is 0. The predicted molar refractivity (Wildman–Crippen MR) is 69.0 cm³/mol. The number of nitrogens with zero attached hydrogens (tertiary/aromatic N) is 1. The topological polar surface area (TPSA) is 67.9 Å². The Balaban J connectivity index is 2.85. The molecule has 0 atom stereocenters. The van der Waals surface area contributed by atoms with E-state index in [2.05, 4.69) is 4.72 Å². The van der Waals surface area contributed by atoms with E-state index in [0.29, 0.717) is 11.5 Å². The fourth-order valence-electron chi connectivity index (χ4n) is 1.30. The summed E-state index contributed by atoms with van der Waals surface area (Å²) in [6.07, 6.45) is 0. The molecule has 18 heavy (non-hydrogen) atoms. The second kappa shape index (κ2) is 6.03. The van der Waals surface area contributed by atoms with Gasteiger partial charge in [-0.3, -0.25) is 0 Å². The van der Waals surface area contributed by atoms with Gasteiger partial charge < -0.3 is 9.47 Å². The second-order valence-electron chi connectivity index (χ2n) is 3.79. The molecular weight excluding hydrogens is 256 g/mol. The van der Waals surface area contributed by atoms with Crippen LogP contribution in [-0.4, -0.2) is 41.0 Å². The molecule has 0 saturated carbocycles. The van der Waals surface area contributed by atoms with Crippen molar-refractivity contribution in [2.75, 3.05) is 28.3 Å². The maximum Gasteiger partial charge on any atom is 0.279 e. The van der Waals surface area contributed by atoms with Gasteiger partial charge in [-0.1, -0.05) is 6.07 Å². The molecule has 0 heterocycles. The Bertz CT molecular complexity index is 500. The van der Waals surface area contributed by atoms with Gasteiger partial charge in [0.05, 0.1) is 14.2 Å². The smallest absolute Gasteiger partial charge is 0.279 e. The molecule has 0 spiro atoms. The molecule has 6 nitrogen and oxygen atoms in total. The highest BCUT2D eigenvalue weighted by Gasteiger charge is 2.14. The zero-order valence-corrected chi connectivity index (χ0v) is 11.7. The molecule has 0 aliphatic rings. The molecule has 0 bridgehead atoms. The summed E-state index contributed by atoms with van der Waals surface area (Å²) in [4.78, 5) is 0. The lowest BCUT2D eigenvalue weighted by Crippen LogP contribution is -2.35. The lowest BCUT2D eigenvalue weighted by Gasteiger charge is -2.14. The predicted octanol–water partition coefficient (Wildman–Crippen LogP) is 0.600. The van der Waals surface area contributed by atoms with Crippen molar-refractivity contribution in [1.82, 2.24) is 9.03 Å². The Labute approximate surface area is 108 Å². The number of hydrogen-bond donors (Lipinski definition) is 1. The Kier molecular flexibility index (Phi) is 4.94. The van der Waals surface area contributed by atoms with E-state index in [1.807, 2.05) is 0 Å². The SMILES string of the molecule is COc1ccc(CNS(=O)(=O)N(C)C)c(OC)c1.